The van der Waals surface area contributed by atoms with E-state index in [1.165, 1.54) is 0 Å². The molecule has 2 atom stereocenters. The maximum Gasteiger partial charge on any atom is 0.296 e. The molecular formula is C7H7F2NO. The van der Waals surface area contributed by atoms with Crippen molar-refractivity contribution in [2.75, 3.05) is 6.61 Å². The van der Waals surface area contributed by atoms with Gasteiger partial charge in [-0.05, 0) is 12.8 Å². The molecule has 60 valence electrons. The first-order valence-electron chi connectivity index (χ1n) is 3.58. The second kappa shape index (κ2) is 1.72. The summed E-state index contributed by atoms with van der Waals surface area (Å²) in [6.07, 6.45) is 1.06. The summed E-state index contributed by atoms with van der Waals surface area (Å²) < 4.78 is 30.4. The molecule has 1 aliphatic heterocycles. The summed E-state index contributed by atoms with van der Waals surface area (Å²) in [4.78, 5) is 0. The van der Waals surface area contributed by atoms with Gasteiger partial charge < -0.3 is 4.74 Å². The van der Waals surface area contributed by atoms with Crippen LogP contribution in [0.3, 0.4) is 0 Å². The third-order valence-corrected chi connectivity index (χ3v) is 2.47. The van der Waals surface area contributed by atoms with Gasteiger partial charge in [-0.25, -0.2) is 8.78 Å². The van der Waals surface area contributed by atoms with Crippen molar-refractivity contribution in [3.63, 3.8) is 0 Å². The summed E-state index contributed by atoms with van der Waals surface area (Å²) >= 11 is 0. The lowest BCUT2D eigenvalue weighted by Crippen LogP contribution is -2.23. The van der Waals surface area contributed by atoms with Crippen LogP contribution in [0.15, 0.2) is 0 Å². The van der Waals surface area contributed by atoms with E-state index in [2.05, 4.69) is 0 Å². The first kappa shape index (κ1) is 6.99. The zero-order chi connectivity index (χ0) is 8.11. The van der Waals surface area contributed by atoms with E-state index in [0.717, 1.165) is 0 Å². The highest BCUT2D eigenvalue weighted by Gasteiger charge is 2.84. The minimum atomic E-state index is -2.89. The van der Waals surface area contributed by atoms with Crippen molar-refractivity contribution in [2.24, 2.45) is 5.92 Å². The van der Waals surface area contributed by atoms with Gasteiger partial charge in [0.05, 0.1) is 5.92 Å². The summed E-state index contributed by atoms with van der Waals surface area (Å²) in [5.41, 5.74) is -1.74. The molecule has 4 heteroatoms. The molecule has 0 N–H and O–H groups in total. The van der Waals surface area contributed by atoms with Crippen LogP contribution in [-0.2, 0) is 4.74 Å². The van der Waals surface area contributed by atoms with E-state index in [4.69, 9.17) is 10.00 Å². The molecule has 0 aromatic carbocycles. The largest absolute Gasteiger partial charge is 0.354 e. The topological polar surface area (TPSA) is 33.0 Å². The van der Waals surface area contributed by atoms with Crippen LogP contribution < -0.4 is 0 Å². The predicted octanol–water partition coefficient (Wildman–Crippen LogP) is 1.32. The summed E-state index contributed by atoms with van der Waals surface area (Å²) in [5, 5.41) is 8.47. The normalized spacial score (nSPS) is 45.7. The Balaban J connectivity index is 2.28. The molecule has 11 heavy (non-hydrogen) atoms. The molecule has 1 aliphatic carbocycles. The van der Waals surface area contributed by atoms with E-state index in [-0.39, 0.29) is 0 Å². The molecule has 0 aromatic rings. The van der Waals surface area contributed by atoms with Gasteiger partial charge in [-0.1, -0.05) is 0 Å². The summed E-state index contributed by atoms with van der Waals surface area (Å²) in [5.74, 6) is -3.73. The lowest BCUT2D eigenvalue weighted by molar-refractivity contribution is -0.0262. The highest BCUT2D eigenvalue weighted by molar-refractivity contribution is 5.33. The fourth-order valence-corrected chi connectivity index (χ4v) is 1.73. The van der Waals surface area contributed by atoms with Gasteiger partial charge in [0.2, 0.25) is 5.60 Å². The monoisotopic (exact) mass is 159 g/mol. The van der Waals surface area contributed by atoms with Crippen molar-refractivity contribution in [1.29, 1.82) is 5.26 Å². The van der Waals surface area contributed by atoms with E-state index in [1.54, 1.807) is 6.07 Å². The molecule has 0 amide bonds. The molecule has 2 fully saturated rings. The van der Waals surface area contributed by atoms with Gasteiger partial charge >= 0.3 is 0 Å². The molecule has 2 rings (SSSR count). The van der Waals surface area contributed by atoms with E-state index >= 15 is 0 Å². The van der Waals surface area contributed by atoms with E-state index < -0.39 is 17.4 Å². The fourth-order valence-electron chi connectivity index (χ4n) is 1.73. The molecule has 1 heterocycles. The molecule has 2 aliphatic rings. The Hall–Kier alpha value is -0.690. The van der Waals surface area contributed by atoms with Crippen LogP contribution >= 0.6 is 0 Å². The third kappa shape index (κ3) is 0.579. The third-order valence-electron chi connectivity index (χ3n) is 2.47. The van der Waals surface area contributed by atoms with Gasteiger partial charge in [0, 0.05) is 6.61 Å². The Bertz CT molecular complexity index is 235. The Morgan fingerprint density at radius 3 is 2.73 bits per heavy atom. The van der Waals surface area contributed by atoms with Crippen LogP contribution in [0.2, 0.25) is 0 Å². The number of rotatable bonds is 0. The van der Waals surface area contributed by atoms with Crippen molar-refractivity contribution in [1.82, 2.24) is 0 Å². The summed E-state index contributed by atoms with van der Waals surface area (Å²) in [6, 6.07) is 1.57. The zero-order valence-corrected chi connectivity index (χ0v) is 5.81. The van der Waals surface area contributed by atoms with Gasteiger partial charge in [0.1, 0.15) is 6.07 Å². The predicted molar refractivity (Wildman–Crippen MR) is 32.0 cm³/mol. The average Bonchev–Trinajstić information content (AvgIpc) is 2.52. The highest BCUT2D eigenvalue weighted by atomic mass is 19.3. The van der Waals surface area contributed by atoms with Gasteiger partial charge in [0.15, 0.2) is 0 Å². The van der Waals surface area contributed by atoms with Gasteiger partial charge in [0.25, 0.3) is 5.92 Å². The maximum absolute atomic E-state index is 12.8. The van der Waals surface area contributed by atoms with Gasteiger partial charge in [-0.3, -0.25) is 0 Å². The number of nitrogens with zero attached hydrogens (tertiary/aromatic N) is 1. The van der Waals surface area contributed by atoms with Crippen LogP contribution in [-0.4, -0.2) is 18.1 Å². The molecule has 1 saturated carbocycles. The second-order valence-corrected chi connectivity index (χ2v) is 3.01. The lowest BCUT2D eigenvalue weighted by Gasteiger charge is -2.12. The second-order valence-electron chi connectivity index (χ2n) is 3.01. The van der Waals surface area contributed by atoms with Gasteiger partial charge in [-0.2, -0.15) is 5.26 Å². The van der Waals surface area contributed by atoms with Crippen molar-refractivity contribution in [2.45, 2.75) is 24.4 Å². The molecule has 2 unspecified atom stereocenters. The van der Waals surface area contributed by atoms with Crippen molar-refractivity contribution < 1.29 is 13.5 Å². The van der Waals surface area contributed by atoms with Crippen molar-refractivity contribution in [3.05, 3.63) is 0 Å². The van der Waals surface area contributed by atoms with E-state index in [9.17, 15) is 8.78 Å². The standard InChI is InChI=1S/C7H7F2NO/c8-7(9)5-2-1-3-11-6(5,7)4-10/h5H,1-3H2. The molecule has 0 spiro atoms. The number of ether oxygens (including phenoxy) is 1. The minimum absolute atomic E-state index is 0.291. The summed E-state index contributed by atoms with van der Waals surface area (Å²) in [6.45, 7) is 0.291. The van der Waals surface area contributed by atoms with Crippen LogP contribution in [0.1, 0.15) is 12.8 Å². The Kier molecular flexibility index (Phi) is 1.10. The van der Waals surface area contributed by atoms with E-state index in [0.29, 0.717) is 19.4 Å². The van der Waals surface area contributed by atoms with E-state index in [1.807, 2.05) is 0 Å². The Morgan fingerprint density at radius 1 is 1.55 bits per heavy atom. The van der Waals surface area contributed by atoms with Crippen LogP contribution in [0.4, 0.5) is 8.78 Å². The van der Waals surface area contributed by atoms with Crippen LogP contribution in [0, 0.1) is 17.2 Å². The molecule has 0 aromatic heterocycles. The zero-order valence-electron chi connectivity index (χ0n) is 5.81. The Labute approximate surface area is 62.8 Å². The number of fused-ring (bicyclic) bond motifs is 1. The molecule has 0 bridgehead atoms. The molecule has 0 radical (unpaired) electrons. The maximum atomic E-state index is 12.8. The molecular weight excluding hydrogens is 152 g/mol. The first-order valence-corrected chi connectivity index (χ1v) is 3.58. The fraction of sp³-hybridized carbons (Fsp3) is 0.857. The summed E-state index contributed by atoms with van der Waals surface area (Å²) in [7, 11) is 0. The molecule has 1 saturated heterocycles. The number of hydrogen-bond donors (Lipinski definition) is 0. The number of nitriles is 1. The number of halogens is 2. The minimum Gasteiger partial charge on any atom is -0.354 e. The lowest BCUT2D eigenvalue weighted by atomic mass is 10.1. The van der Waals surface area contributed by atoms with Crippen molar-refractivity contribution >= 4 is 0 Å². The quantitative estimate of drug-likeness (QED) is 0.534. The number of alkyl halides is 2. The Morgan fingerprint density at radius 2 is 2.27 bits per heavy atom. The molecule has 2 nitrogen and oxygen atoms in total. The van der Waals surface area contributed by atoms with Gasteiger partial charge in [-0.15, -0.1) is 0 Å². The number of hydrogen-bond acceptors (Lipinski definition) is 2. The van der Waals surface area contributed by atoms with Crippen LogP contribution in [0.5, 0.6) is 0 Å². The van der Waals surface area contributed by atoms with Crippen LogP contribution in [0.25, 0.3) is 0 Å². The smallest absolute Gasteiger partial charge is 0.296 e. The van der Waals surface area contributed by atoms with Crippen molar-refractivity contribution in [3.8, 4) is 6.07 Å². The SMILES string of the molecule is N#CC12OCCCC1C2(F)F. The highest BCUT2D eigenvalue weighted by Crippen LogP contribution is 2.64. The average molecular weight is 159 g/mol. The first-order chi connectivity index (χ1) is 5.15.